The molecule has 2 aromatic rings. The molecule has 0 aliphatic carbocycles. The summed E-state index contributed by atoms with van der Waals surface area (Å²) >= 11 is 3.31. The highest BCUT2D eigenvalue weighted by Gasteiger charge is 2.20. The normalized spacial score (nSPS) is 14.7. The van der Waals surface area contributed by atoms with Crippen LogP contribution in [0.15, 0.2) is 53.0 Å². The lowest BCUT2D eigenvalue weighted by Gasteiger charge is -2.35. The van der Waals surface area contributed by atoms with Gasteiger partial charge in [-0.1, -0.05) is 22.0 Å². The van der Waals surface area contributed by atoms with Gasteiger partial charge in [0.15, 0.2) is 0 Å². The summed E-state index contributed by atoms with van der Waals surface area (Å²) in [5.41, 5.74) is 1.48. The summed E-state index contributed by atoms with van der Waals surface area (Å²) in [4.78, 5) is 16.4. The molecule has 0 atom stereocenters. The van der Waals surface area contributed by atoms with Gasteiger partial charge in [0.05, 0.1) is 7.11 Å². The van der Waals surface area contributed by atoms with E-state index in [9.17, 15) is 9.18 Å². The summed E-state index contributed by atoms with van der Waals surface area (Å²) in [6, 6.07) is 12.6. The number of benzene rings is 2. The summed E-state index contributed by atoms with van der Waals surface area (Å²) < 4.78 is 19.8. The highest BCUT2D eigenvalue weighted by molar-refractivity contribution is 9.10. The Hall–Kier alpha value is -2.34. The molecule has 2 aromatic carbocycles. The lowest BCUT2D eigenvalue weighted by atomic mass is 10.2. The number of amides is 1. The Kier molecular flexibility index (Phi) is 5.93. The fourth-order valence-electron chi connectivity index (χ4n) is 2.90. The third kappa shape index (κ3) is 4.43. The molecule has 4 nitrogen and oxygen atoms in total. The zero-order chi connectivity index (χ0) is 18.5. The Bertz CT molecular complexity index is 817. The van der Waals surface area contributed by atoms with Crippen molar-refractivity contribution in [1.82, 2.24) is 4.90 Å². The average Bonchev–Trinajstić information content (AvgIpc) is 2.68. The molecule has 0 saturated carbocycles. The van der Waals surface area contributed by atoms with Gasteiger partial charge in [-0.2, -0.15) is 0 Å². The molecular weight excluding hydrogens is 399 g/mol. The third-order valence-corrected chi connectivity index (χ3v) is 4.87. The number of hydrogen-bond acceptors (Lipinski definition) is 3. The van der Waals surface area contributed by atoms with Crippen LogP contribution in [0.5, 0.6) is 5.75 Å². The van der Waals surface area contributed by atoms with Crippen molar-refractivity contribution in [2.45, 2.75) is 0 Å². The Morgan fingerprint density at radius 1 is 1.15 bits per heavy atom. The Morgan fingerprint density at radius 2 is 1.92 bits per heavy atom. The lowest BCUT2D eigenvalue weighted by molar-refractivity contribution is -0.126. The molecule has 0 spiro atoms. The first-order valence-corrected chi connectivity index (χ1v) is 9.17. The van der Waals surface area contributed by atoms with Crippen molar-refractivity contribution in [2.24, 2.45) is 0 Å². The van der Waals surface area contributed by atoms with Crippen LogP contribution >= 0.6 is 15.9 Å². The van der Waals surface area contributed by atoms with Gasteiger partial charge in [0, 0.05) is 54.0 Å². The van der Waals surface area contributed by atoms with Crippen LogP contribution in [0.4, 0.5) is 10.1 Å². The van der Waals surface area contributed by atoms with Gasteiger partial charge in [-0.05, 0) is 36.4 Å². The van der Waals surface area contributed by atoms with Crippen LogP contribution in [0.2, 0.25) is 0 Å². The van der Waals surface area contributed by atoms with Gasteiger partial charge in [-0.3, -0.25) is 4.79 Å². The van der Waals surface area contributed by atoms with Crippen LogP contribution in [0.1, 0.15) is 5.56 Å². The largest absolute Gasteiger partial charge is 0.497 e. The predicted molar refractivity (Wildman–Crippen MR) is 105 cm³/mol. The number of nitrogens with zero attached hydrogens (tertiary/aromatic N) is 2. The number of anilines is 1. The van der Waals surface area contributed by atoms with E-state index in [0.717, 1.165) is 29.0 Å². The monoisotopic (exact) mass is 418 g/mol. The zero-order valence-corrected chi connectivity index (χ0v) is 16.1. The highest BCUT2D eigenvalue weighted by Crippen LogP contribution is 2.22. The molecule has 1 saturated heterocycles. The standard InChI is InChI=1S/C20H20BrFN2O2/c1-26-18-4-2-3-17(14-18)23-9-11-24(12-10-23)20(25)8-5-15-13-16(21)6-7-19(15)22/h2-8,13-14H,9-12H2,1H3/b8-5+. The Balaban J connectivity index is 1.59. The number of hydrogen-bond donors (Lipinski definition) is 0. The van der Waals surface area contributed by atoms with Crippen LogP contribution in [0.25, 0.3) is 6.08 Å². The van der Waals surface area contributed by atoms with Crippen LogP contribution in [-0.4, -0.2) is 44.1 Å². The molecule has 136 valence electrons. The molecule has 0 unspecified atom stereocenters. The Labute approximate surface area is 161 Å². The number of carbonyl (C=O) groups is 1. The van der Waals surface area contributed by atoms with Crippen molar-refractivity contribution in [1.29, 1.82) is 0 Å². The van der Waals surface area contributed by atoms with Gasteiger partial charge in [0.1, 0.15) is 11.6 Å². The second-order valence-electron chi connectivity index (χ2n) is 6.01. The minimum absolute atomic E-state index is 0.102. The maximum atomic E-state index is 13.7. The van der Waals surface area contributed by atoms with E-state index >= 15 is 0 Å². The predicted octanol–water partition coefficient (Wildman–Crippen LogP) is 3.96. The van der Waals surface area contributed by atoms with Crippen LogP contribution in [-0.2, 0) is 4.79 Å². The van der Waals surface area contributed by atoms with Crippen molar-refractivity contribution < 1.29 is 13.9 Å². The van der Waals surface area contributed by atoms with Gasteiger partial charge in [0.2, 0.25) is 5.91 Å². The fraction of sp³-hybridized carbons (Fsp3) is 0.250. The van der Waals surface area contributed by atoms with E-state index < -0.39 is 0 Å². The number of halogens is 2. The molecule has 26 heavy (non-hydrogen) atoms. The molecule has 0 radical (unpaired) electrons. The van der Waals surface area contributed by atoms with Crippen LogP contribution < -0.4 is 9.64 Å². The molecule has 1 aliphatic rings. The van der Waals surface area contributed by atoms with Crippen molar-refractivity contribution >= 4 is 33.6 Å². The molecule has 6 heteroatoms. The van der Waals surface area contributed by atoms with Crippen LogP contribution in [0, 0.1) is 5.82 Å². The molecule has 1 amide bonds. The van der Waals surface area contributed by atoms with Crippen molar-refractivity contribution in [3.63, 3.8) is 0 Å². The van der Waals surface area contributed by atoms with E-state index in [4.69, 9.17) is 4.74 Å². The first-order chi connectivity index (χ1) is 12.6. The smallest absolute Gasteiger partial charge is 0.246 e. The zero-order valence-electron chi connectivity index (χ0n) is 14.5. The van der Waals surface area contributed by atoms with Gasteiger partial charge < -0.3 is 14.5 Å². The SMILES string of the molecule is COc1cccc(N2CCN(C(=O)/C=C/c3cc(Br)ccc3F)CC2)c1. The van der Waals surface area contributed by atoms with E-state index in [1.807, 2.05) is 24.3 Å². The van der Waals surface area contributed by atoms with E-state index in [2.05, 4.69) is 20.8 Å². The molecule has 1 fully saturated rings. The number of piperazine rings is 1. The summed E-state index contributed by atoms with van der Waals surface area (Å²) in [6.45, 7) is 2.75. The molecule has 0 bridgehead atoms. The average molecular weight is 419 g/mol. The van der Waals surface area contributed by atoms with Gasteiger partial charge in [-0.25, -0.2) is 4.39 Å². The van der Waals surface area contributed by atoms with Crippen LogP contribution in [0.3, 0.4) is 0 Å². The van der Waals surface area contributed by atoms with Crippen molar-refractivity contribution in [3.05, 3.63) is 64.4 Å². The first-order valence-electron chi connectivity index (χ1n) is 8.38. The first kappa shape index (κ1) is 18.5. The number of carbonyl (C=O) groups excluding carboxylic acids is 1. The quantitative estimate of drug-likeness (QED) is 0.704. The number of rotatable bonds is 4. The Morgan fingerprint density at radius 3 is 2.65 bits per heavy atom. The fourth-order valence-corrected chi connectivity index (χ4v) is 3.28. The maximum Gasteiger partial charge on any atom is 0.246 e. The summed E-state index contributed by atoms with van der Waals surface area (Å²) in [5.74, 6) is 0.370. The summed E-state index contributed by atoms with van der Waals surface area (Å²) in [7, 11) is 1.65. The minimum Gasteiger partial charge on any atom is -0.497 e. The maximum absolute atomic E-state index is 13.7. The van der Waals surface area contributed by atoms with E-state index in [1.165, 1.54) is 18.2 Å². The van der Waals surface area contributed by atoms with E-state index in [-0.39, 0.29) is 11.7 Å². The molecular formula is C20H20BrFN2O2. The number of methoxy groups -OCH3 is 1. The third-order valence-electron chi connectivity index (χ3n) is 4.37. The molecule has 1 aliphatic heterocycles. The van der Waals surface area contributed by atoms with E-state index in [0.29, 0.717) is 18.7 Å². The number of ether oxygens (including phenoxy) is 1. The minimum atomic E-state index is -0.347. The molecule has 0 N–H and O–H groups in total. The lowest BCUT2D eigenvalue weighted by Crippen LogP contribution is -2.48. The summed E-state index contributed by atoms with van der Waals surface area (Å²) in [6.07, 6.45) is 2.96. The van der Waals surface area contributed by atoms with Crippen molar-refractivity contribution in [3.8, 4) is 5.75 Å². The van der Waals surface area contributed by atoms with Gasteiger partial charge in [-0.15, -0.1) is 0 Å². The second kappa shape index (κ2) is 8.36. The van der Waals surface area contributed by atoms with Gasteiger partial charge >= 0.3 is 0 Å². The van der Waals surface area contributed by atoms with Gasteiger partial charge in [0.25, 0.3) is 0 Å². The van der Waals surface area contributed by atoms with Crippen molar-refractivity contribution in [2.75, 3.05) is 38.2 Å². The molecule has 3 rings (SSSR count). The second-order valence-corrected chi connectivity index (χ2v) is 6.93. The molecule has 0 aromatic heterocycles. The van der Waals surface area contributed by atoms with E-state index in [1.54, 1.807) is 24.1 Å². The highest BCUT2D eigenvalue weighted by atomic mass is 79.9. The molecule has 1 heterocycles. The summed E-state index contributed by atoms with van der Waals surface area (Å²) in [5, 5.41) is 0. The topological polar surface area (TPSA) is 32.8 Å².